The minimum atomic E-state index is -3.16. The number of nitrogens with two attached hydrogens (primary N) is 1. The van der Waals surface area contributed by atoms with Gasteiger partial charge < -0.3 is 15.0 Å². The highest BCUT2D eigenvalue weighted by Crippen LogP contribution is 2.13. The highest BCUT2D eigenvalue weighted by molar-refractivity contribution is 7.89. The molecule has 0 aliphatic heterocycles. The van der Waals surface area contributed by atoms with Crippen LogP contribution in [0.25, 0.3) is 0 Å². The van der Waals surface area contributed by atoms with Gasteiger partial charge in [0.25, 0.3) is 5.89 Å². The van der Waals surface area contributed by atoms with Gasteiger partial charge in [-0.2, -0.15) is 4.98 Å². The van der Waals surface area contributed by atoms with E-state index in [2.05, 4.69) is 10.1 Å². The van der Waals surface area contributed by atoms with Crippen LogP contribution in [0, 0.1) is 0 Å². The van der Waals surface area contributed by atoms with E-state index in [4.69, 9.17) is 15.0 Å². The summed E-state index contributed by atoms with van der Waals surface area (Å²) in [6.45, 7) is 0.191. The minimum Gasteiger partial charge on any atom is -0.370 e. The highest BCUT2D eigenvalue weighted by Gasteiger charge is 2.18. The van der Waals surface area contributed by atoms with Gasteiger partial charge in [-0.25, -0.2) is 8.42 Å². The molecule has 1 rings (SSSR count). The molecule has 1 aromatic rings. The number of aromatic nitrogens is 2. The van der Waals surface area contributed by atoms with Crippen LogP contribution < -0.4 is 5.73 Å². The van der Waals surface area contributed by atoms with Crippen molar-refractivity contribution in [1.82, 2.24) is 10.1 Å². The molecule has 0 fully saturated rings. The van der Waals surface area contributed by atoms with Crippen LogP contribution in [0.3, 0.4) is 0 Å². The van der Waals surface area contributed by atoms with Crippen LogP contribution >= 0.6 is 0 Å². The number of ether oxygens (including phenoxy) is 1. The first-order valence-electron chi connectivity index (χ1n) is 4.19. The second-order valence-electron chi connectivity index (χ2n) is 3.08. The van der Waals surface area contributed by atoms with E-state index in [0.717, 1.165) is 6.26 Å². The molecule has 0 amide bonds. The third kappa shape index (κ3) is 3.57. The Hall–Kier alpha value is -0.990. The second kappa shape index (κ2) is 4.69. The molecule has 1 heterocycles. The van der Waals surface area contributed by atoms with Crippen molar-refractivity contribution >= 4 is 9.84 Å². The summed E-state index contributed by atoms with van der Waals surface area (Å²) in [5, 5.41) is 3.52. The van der Waals surface area contributed by atoms with E-state index in [9.17, 15) is 8.42 Å². The van der Waals surface area contributed by atoms with E-state index in [1.54, 1.807) is 0 Å². The van der Waals surface area contributed by atoms with Crippen molar-refractivity contribution in [2.75, 3.05) is 19.9 Å². The van der Waals surface area contributed by atoms with Crippen molar-refractivity contribution in [3.8, 4) is 0 Å². The van der Waals surface area contributed by atoms with Crippen LogP contribution in [0.1, 0.15) is 17.8 Å². The summed E-state index contributed by atoms with van der Waals surface area (Å²) >= 11 is 0. The van der Waals surface area contributed by atoms with Crippen LogP contribution in [-0.2, 0) is 20.3 Å². The van der Waals surface area contributed by atoms with Gasteiger partial charge in [0.15, 0.2) is 15.7 Å². The molecular formula is C7H13N3O4S. The van der Waals surface area contributed by atoms with Crippen molar-refractivity contribution in [2.45, 2.75) is 11.9 Å². The molecule has 0 aliphatic rings. The fourth-order valence-corrected chi connectivity index (χ4v) is 1.58. The zero-order chi connectivity index (χ0) is 11.5. The number of methoxy groups -OCH3 is 1. The monoisotopic (exact) mass is 235 g/mol. The van der Waals surface area contributed by atoms with Crippen LogP contribution in [0.5, 0.6) is 0 Å². The van der Waals surface area contributed by atoms with Gasteiger partial charge in [-0.1, -0.05) is 5.16 Å². The Balaban J connectivity index is 2.80. The predicted molar refractivity (Wildman–Crippen MR) is 51.7 cm³/mol. The molecule has 0 aromatic carbocycles. The molecule has 0 radical (unpaired) electrons. The molecule has 1 atom stereocenters. The first-order valence-corrected chi connectivity index (χ1v) is 6.25. The summed E-state index contributed by atoms with van der Waals surface area (Å²) in [6, 6.07) is 0. The molecule has 2 N–H and O–H groups in total. The fraction of sp³-hybridized carbons (Fsp3) is 0.714. The lowest BCUT2D eigenvalue weighted by molar-refractivity contribution is 0.0804. The smallest absolute Gasteiger partial charge is 0.257 e. The van der Waals surface area contributed by atoms with Crippen molar-refractivity contribution in [3.05, 3.63) is 11.7 Å². The van der Waals surface area contributed by atoms with Crippen molar-refractivity contribution in [2.24, 2.45) is 5.73 Å². The summed E-state index contributed by atoms with van der Waals surface area (Å²) in [6.07, 6.45) is 0.602. The van der Waals surface area contributed by atoms with Gasteiger partial charge in [0.1, 0.15) is 11.9 Å². The number of sulfone groups is 1. The van der Waals surface area contributed by atoms with E-state index in [1.807, 2.05) is 0 Å². The van der Waals surface area contributed by atoms with Gasteiger partial charge in [-0.15, -0.1) is 0 Å². The highest BCUT2D eigenvalue weighted by atomic mass is 32.2. The van der Waals surface area contributed by atoms with Gasteiger partial charge in [0.2, 0.25) is 0 Å². The normalized spacial score (nSPS) is 14.1. The number of rotatable bonds is 5. The molecule has 0 aliphatic carbocycles. The van der Waals surface area contributed by atoms with Crippen LogP contribution in [0.15, 0.2) is 4.52 Å². The lowest BCUT2D eigenvalue weighted by atomic mass is 10.3. The lowest BCUT2D eigenvalue weighted by Crippen LogP contribution is -2.14. The average Bonchev–Trinajstić information content (AvgIpc) is 2.52. The largest absolute Gasteiger partial charge is 0.370 e. The first kappa shape index (κ1) is 12.1. The van der Waals surface area contributed by atoms with E-state index >= 15 is 0 Å². The molecule has 1 aromatic heterocycles. The van der Waals surface area contributed by atoms with E-state index in [-0.39, 0.29) is 24.0 Å². The summed E-state index contributed by atoms with van der Waals surface area (Å²) in [7, 11) is -1.70. The number of nitrogens with zero attached hydrogens (tertiary/aromatic N) is 2. The lowest BCUT2D eigenvalue weighted by Gasteiger charge is -2.05. The van der Waals surface area contributed by atoms with Gasteiger partial charge in [-0.05, 0) is 0 Å². The van der Waals surface area contributed by atoms with Crippen LogP contribution in [-0.4, -0.2) is 38.5 Å². The summed E-state index contributed by atoms with van der Waals surface area (Å²) in [5.74, 6) is 0.0546. The quantitative estimate of drug-likeness (QED) is 0.715. The van der Waals surface area contributed by atoms with E-state index < -0.39 is 15.9 Å². The number of hydrogen-bond donors (Lipinski definition) is 1. The van der Waals surface area contributed by atoms with Gasteiger partial charge >= 0.3 is 0 Å². The maximum absolute atomic E-state index is 10.9. The molecule has 0 bridgehead atoms. The van der Waals surface area contributed by atoms with Gasteiger partial charge in [0.05, 0.1) is 0 Å². The summed E-state index contributed by atoms with van der Waals surface area (Å²) < 4.78 is 31.7. The Labute approximate surface area is 87.5 Å². The van der Waals surface area contributed by atoms with Gasteiger partial charge in [-0.3, -0.25) is 0 Å². The molecule has 0 spiro atoms. The van der Waals surface area contributed by atoms with Crippen molar-refractivity contribution in [3.63, 3.8) is 0 Å². The van der Waals surface area contributed by atoms with Crippen LogP contribution in [0.2, 0.25) is 0 Å². The SMILES string of the molecule is COC(CN)c1nc(CS(C)(=O)=O)no1. The molecule has 0 saturated carbocycles. The van der Waals surface area contributed by atoms with Crippen molar-refractivity contribution < 1.29 is 17.7 Å². The Morgan fingerprint density at radius 3 is 2.73 bits per heavy atom. The number of hydrogen-bond acceptors (Lipinski definition) is 7. The molecular weight excluding hydrogens is 222 g/mol. The van der Waals surface area contributed by atoms with E-state index in [1.165, 1.54) is 7.11 Å². The van der Waals surface area contributed by atoms with Crippen LogP contribution in [0.4, 0.5) is 0 Å². The summed E-state index contributed by atoms with van der Waals surface area (Å²) in [4.78, 5) is 3.88. The molecule has 15 heavy (non-hydrogen) atoms. The Morgan fingerprint density at radius 1 is 1.60 bits per heavy atom. The molecule has 7 nitrogen and oxygen atoms in total. The third-order valence-corrected chi connectivity index (χ3v) is 2.43. The molecule has 8 heteroatoms. The third-order valence-electron chi connectivity index (χ3n) is 1.65. The molecule has 1 unspecified atom stereocenters. The maximum Gasteiger partial charge on any atom is 0.257 e. The Bertz CT molecular complexity index is 410. The molecule has 0 saturated heterocycles. The summed E-state index contributed by atoms with van der Waals surface area (Å²) in [5.41, 5.74) is 5.38. The maximum atomic E-state index is 10.9. The minimum absolute atomic E-state index is 0.114. The predicted octanol–water partition coefficient (Wildman–Crippen LogP) is -0.740. The van der Waals surface area contributed by atoms with Gasteiger partial charge in [0, 0.05) is 19.9 Å². The fourth-order valence-electron chi connectivity index (χ4n) is 0.989. The van der Waals surface area contributed by atoms with E-state index in [0.29, 0.717) is 0 Å². The first-order chi connectivity index (χ1) is 6.96. The second-order valence-corrected chi connectivity index (χ2v) is 5.22. The Kier molecular flexibility index (Phi) is 3.77. The molecule has 86 valence electrons. The zero-order valence-corrected chi connectivity index (χ0v) is 9.32. The standard InChI is InChI=1S/C7H13N3O4S/c1-13-5(3-8)7-9-6(10-14-7)4-15(2,11)12/h5H,3-4,8H2,1-2H3. The Morgan fingerprint density at radius 2 is 2.27 bits per heavy atom. The van der Waals surface area contributed by atoms with Crippen molar-refractivity contribution in [1.29, 1.82) is 0 Å². The zero-order valence-electron chi connectivity index (χ0n) is 8.50. The topological polar surface area (TPSA) is 108 Å². The average molecular weight is 235 g/mol.